The second-order valence-electron chi connectivity index (χ2n) is 8.70. The summed E-state index contributed by atoms with van der Waals surface area (Å²) in [6, 6.07) is 28.6. The van der Waals surface area contributed by atoms with Crippen LogP contribution in [0, 0.1) is 0 Å². The predicted molar refractivity (Wildman–Crippen MR) is 140 cm³/mol. The van der Waals surface area contributed by atoms with Crippen LogP contribution >= 0.6 is 12.2 Å². The molecule has 4 rings (SSSR count). The van der Waals surface area contributed by atoms with Crippen molar-refractivity contribution < 1.29 is 9.53 Å². The van der Waals surface area contributed by atoms with Gasteiger partial charge in [-0.05, 0) is 61.5 Å². The number of carbonyl (C=O) groups excluding carboxylic acids is 1. The Morgan fingerprint density at radius 1 is 0.824 bits per heavy atom. The number of carbonyl (C=O) groups is 1. The van der Waals surface area contributed by atoms with Crippen LogP contribution < -0.4 is 10.1 Å². The summed E-state index contributed by atoms with van der Waals surface area (Å²) in [5.41, 5.74) is 3.12. The summed E-state index contributed by atoms with van der Waals surface area (Å²) in [6.45, 7) is 7.17. The summed E-state index contributed by atoms with van der Waals surface area (Å²) in [5.74, 6) is 0.548. The van der Waals surface area contributed by atoms with Gasteiger partial charge in [-0.1, -0.05) is 60.7 Å². The molecule has 1 N–H and O–H groups in total. The fraction of sp³-hybridized carbons (Fsp3) is 0.286. The van der Waals surface area contributed by atoms with Gasteiger partial charge in [-0.2, -0.15) is 0 Å². The Kier molecular flexibility index (Phi) is 7.93. The maximum Gasteiger partial charge on any atom is 0.257 e. The van der Waals surface area contributed by atoms with Crippen molar-refractivity contribution in [3.8, 4) is 5.75 Å². The molecular weight excluding hydrogens is 442 g/mol. The highest BCUT2D eigenvalue weighted by Gasteiger charge is 2.27. The lowest BCUT2D eigenvalue weighted by Crippen LogP contribution is -2.53. The van der Waals surface area contributed by atoms with Crippen molar-refractivity contribution in [2.24, 2.45) is 0 Å². The molecule has 0 atom stereocenters. The van der Waals surface area contributed by atoms with Crippen molar-refractivity contribution in [1.82, 2.24) is 15.1 Å². The first-order chi connectivity index (χ1) is 16.5. The average Bonchev–Trinajstić information content (AvgIpc) is 2.86. The highest BCUT2D eigenvalue weighted by molar-refractivity contribution is 7.80. The SMILES string of the molecule is CC(C)Oc1ccc(C(=O)NC(=S)N2CCN(C(c3ccccc3)c3ccccc3)CC2)cc1. The van der Waals surface area contributed by atoms with E-state index in [-0.39, 0.29) is 18.1 Å². The second-order valence-corrected chi connectivity index (χ2v) is 9.08. The molecule has 1 aliphatic rings. The van der Waals surface area contributed by atoms with E-state index < -0.39 is 0 Å². The third kappa shape index (κ3) is 6.01. The van der Waals surface area contributed by atoms with E-state index in [2.05, 4.69) is 75.8 Å². The fourth-order valence-corrected chi connectivity index (χ4v) is 4.55. The number of piperazine rings is 1. The van der Waals surface area contributed by atoms with Crippen molar-refractivity contribution in [1.29, 1.82) is 0 Å². The summed E-state index contributed by atoms with van der Waals surface area (Å²) >= 11 is 5.58. The number of benzene rings is 3. The molecule has 0 aliphatic carbocycles. The minimum absolute atomic E-state index is 0.0919. The van der Waals surface area contributed by atoms with Crippen LogP contribution in [0.2, 0.25) is 0 Å². The van der Waals surface area contributed by atoms with Crippen LogP contribution in [-0.2, 0) is 0 Å². The zero-order chi connectivity index (χ0) is 23.9. The number of nitrogens with zero attached hydrogens (tertiary/aromatic N) is 2. The van der Waals surface area contributed by atoms with E-state index >= 15 is 0 Å². The van der Waals surface area contributed by atoms with Crippen molar-refractivity contribution in [2.45, 2.75) is 26.0 Å². The van der Waals surface area contributed by atoms with Crippen LogP contribution in [0.15, 0.2) is 84.9 Å². The number of hydrogen-bond acceptors (Lipinski definition) is 4. The highest BCUT2D eigenvalue weighted by atomic mass is 32.1. The lowest BCUT2D eigenvalue weighted by Gasteiger charge is -2.40. The predicted octanol–water partition coefficient (Wildman–Crippen LogP) is 4.90. The Balaban J connectivity index is 1.37. The van der Waals surface area contributed by atoms with E-state index in [1.54, 1.807) is 12.1 Å². The van der Waals surface area contributed by atoms with Crippen LogP contribution in [0.25, 0.3) is 0 Å². The van der Waals surface area contributed by atoms with Gasteiger partial charge >= 0.3 is 0 Å². The number of thiocarbonyl (C=S) groups is 1. The fourth-order valence-electron chi connectivity index (χ4n) is 4.27. The Hall–Kier alpha value is -3.22. The third-order valence-electron chi connectivity index (χ3n) is 5.91. The lowest BCUT2D eigenvalue weighted by molar-refractivity contribution is 0.0967. The van der Waals surface area contributed by atoms with Gasteiger partial charge in [0.1, 0.15) is 5.75 Å². The molecule has 1 amide bonds. The van der Waals surface area contributed by atoms with E-state index in [1.807, 2.05) is 26.0 Å². The number of amides is 1. The van der Waals surface area contributed by atoms with E-state index in [0.717, 1.165) is 31.9 Å². The molecule has 1 aliphatic heterocycles. The molecule has 1 heterocycles. The van der Waals surface area contributed by atoms with Crippen molar-refractivity contribution >= 4 is 23.2 Å². The zero-order valence-electron chi connectivity index (χ0n) is 19.7. The Labute approximate surface area is 207 Å². The van der Waals surface area contributed by atoms with Crippen molar-refractivity contribution in [3.05, 3.63) is 102 Å². The Morgan fingerprint density at radius 2 is 1.35 bits per heavy atom. The number of nitrogens with one attached hydrogen (secondary N) is 1. The molecular formula is C28H31N3O2S. The molecule has 0 radical (unpaired) electrons. The van der Waals surface area contributed by atoms with Gasteiger partial charge in [-0.15, -0.1) is 0 Å². The van der Waals surface area contributed by atoms with Gasteiger partial charge in [0.05, 0.1) is 12.1 Å². The molecule has 176 valence electrons. The maximum atomic E-state index is 12.7. The number of hydrogen-bond donors (Lipinski definition) is 1. The highest BCUT2D eigenvalue weighted by Crippen LogP contribution is 2.29. The molecule has 34 heavy (non-hydrogen) atoms. The van der Waals surface area contributed by atoms with E-state index in [9.17, 15) is 4.79 Å². The quantitative estimate of drug-likeness (QED) is 0.516. The standard InChI is InChI=1S/C28H31N3O2S/c1-21(2)33-25-15-13-24(14-16-25)27(32)29-28(34)31-19-17-30(18-20-31)26(22-9-5-3-6-10-22)23-11-7-4-8-12-23/h3-16,21,26H,17-20H2,1-2H3,(H,29,32,34). The number of ether oxygens (including phenoxy) is 1. The summed E-state index contributed by atoms with van der Waals surface area (Å²) in [4.78, 5) is 17.3. The van der Waals surface area contributed by atoms with Gasteiger partial charge in [-0.25, -0.2) is 0 Å². The molecule has 0 unspecified atom stereocenters. The first-order valence-electron chi connectivity index (χ1n) is 11.7. The van der Waals surface area contributed by atoms with Gasteiger partial charge in [0, 0.05) is 31.7 Å². The first kappa shape index (κ1) is 23.9. The Bertz CT molecular complexity index is 1040. The van der Waals surface area contributed by atoms with Gasteiger partial charge in [0.15, 0.2) is 5.11 Å². The first-order valence-corrected chi connectivity index (χ1v) is 12.1. The molecule has 5 nitrogen and oxygen atoms in total. The van der Waals surface area contributed by atoms with Gasteiger partial charge in [0.25, 0.3) is 5.91 Å². The zero-order valence-corrected chi connectivity index (χ0v) is 20.5. The van der Waals surface area contributed by atoms with Crippen molar-refractivity contribution in [3.63, 3.8) is 0 Å². The lowest BCUT2D eigenvalue weighted by atomic mass is 9.96. The summed E-state index contributed by atoms with van der Waals surface area (Å²) in [6.07, 6.45) is 0.0919. The normalized spacial score (nSPS) is 14.3. The maximum absolute atomic E-state index is 12.7. The molecule has 3 aromatic carbocycles. The van der Waals surface area contributed by atoms with Crippen LogP contribution in [-0.4, -0.2) is 53.1 Å². The van der Waals surface area contributed by atoms with E-state index in [4.69, 9.17) is 17.0 Å². The minimum atomic E-state index is -0.199. The molecule has 3 aromatic rings. The molecule has 0 saturated carbocycles. The van der Waals surface area contributed by atoms with Crippen LogP contribution in [0.4, 0.5) is 0 Å². The van der Waals surface area contributed by atoms with E-state index in [0.29, 0.717) is 10.7 Å². The molecule has 0 bridgehead atoms. The average molecular weight is 474 g/mol. The molecule has 0 spiro atoms. The monoisotopic (exact) mass is 473 g/mol. The third-order valence-corrected chi connectivity index (χ3v) is 6.27. The molecule has 1 saturated heterocycles. The Morgan fingerprint density at radius 3 is 1.85 bits per heavy atom. The van der Waals surface area contributed by atoms with E-state index in [1.165, 1.54) is 11.1 Å². The molecule has 1 fully saturated rings. The van der Waals surface area contributed by atoms with Crippen molar-refractivity contribution in [2.75, 3.05) is 26.2 Å². The van der Waals surface area contributed by atoms with Crippen LogP contribution in [0.1, 0.15) is 41.4 Å². The van der Waals surface area contributed by atoms with Crippen LogP contribution in [0.5, 0.6) is 5.75 Å². The van der Waals surface area contributed by atoms with Crippen LogP contribution in [0.3, 0.4) is 0 Å². The second kappa shape index (κ2) is 11.3. The van der Waals surface area contributed by atoms with Gasteiger partial charge < -0.3 is 9.64 Å². The van der Waals surface area contributed by atoms with Gasteiger partial charge in [-0.3, -0.25) is 15.0 Å². The minimum Gasteiger partial charge on any atom is -0.491 e. The largest absolute Gasteiger partial charge is 0.491 e. The molecule has 6 heteroatoms. The summed E-state index contributed by atoms with van der Waals surface area (Å²) in [5, 5.41) is 3.37. The smallest absolute Gasteiger partial charge is 0.257 e. The number of rotatable bonds is 6. The summed E-state index contributed by atoms with van der Waals surface area (Å²) in [7, 11) is 0. The van der Waals surface area contributed by atoms with Gasteiger partial charge in [0.2, 0.25) is 0 Å². The topological polar surface area (TPSA) is 44.8 Å². The summed E-state index contributed by atoms with van der Waals surface area (Å²) < 4.78 is 5.65. The molecule has 0 aromatic heterocycles.